The van der Waals surface area contributed by atoms with Gasteiger partial charge in [-0.1, -0.05) is 13.0 Å². The minimum absolute atomic E-state index is 0.175. The molecule has 3 heterocycles. The zero-order valence-corrected chi connectivity index (χ0v) is 13.9. The summed E-state index contributed by atoms with van der Waals surface area (Å²) in [4.78, 5) is 23.4. The van der Waals surface area contributed by atoms with Gasteiger partial charge in [-0.05, 0) is 37.1 Å². The first-order chi connectivity index (χ1) is 10.7. The highest BCUT2D eigenvalue weighted by Gasteiger charge is 2.24. The third-order valence-electron chi connectivity index (χ3n) is 4.09. The van der Waals surface area contributed by atoms with Crippen LogP contribution in [0.5, 0.6) is 0 Å². The number of hydrogen-bond acceptors (Lipinski definition) is 4. The van der Waals surface area contributed by atoms with Crippen molar-refractivity contribution < 1.29 is 4.79 Å². The molecule has 0 atom stereocenters. The normalized spacial score (nSPS) is 15.2. The van der Waals surface area contributed by atoms with E-state index in [4.69, 9.17) is 0 Å². The smallest absolute Gasteiger partial charge is 0.264 e. The van der Waals surface area contributed by atoms with Crippen molar-refractivity contribution in [1.29, 1.82) is 0 Å². The minimum atomic E-state index is 0.175. The molecule has 2 aromatic rings. The van der Waals surface area contributed by atoms with Crippen molar-refractivity contribution in [3.8, 4) is 0 Å². The van der Waals surface area contributed by atoms with E-state index in [0.717, 1.165) is 43.3 Å². The molecule has 0 radical (unpaired) electrons. The molecule has 1 saturated heterocycles. The lowest BCUT2D eigenvalue weighted by Crippen LogP contribution is -2.48. The van der Waals surface area contributed by atoms with E-state index in [1.54, 1.807) is 11.3 Å². The summed E-state index contributed by atoms with van der Waals surface area (Å²) in [6.07, 6.45) is 2.81. The molecule has 0 N–H and O–H groups in total. The molecule has 0 unspecified atom stereocenters. The van der Waals surface area contributed by atoms with Gasteiger partial charge in [-0.25, -0.2) is 4.98 Å². The molecule has 1 amide bonds. The van der Waals surface area contributed by atoms with Gasteiger partial charge < -0.3 is 9.80 Å². The van der Waals surface area contributed by atoms with Gasteiger partial charge in [0.1, 0.15) is 5.82 Å². The van der Waals surface area contributed by atoms with Crippen LogP contribution in [-0.2, 0) is 6.42 Å². The van der Waals surface area contributed by atoms with Crippen LogP contribution in [0.4, 0.5) is 5.82 Å². The third-order valence-corrected chi connectivity index (χ3v) is 5.46. The number of carbonyl (C=O) groups is 1. The average Bonchev–Trinajstić information content (AvgIpc) is 2.96. The molecule has 0 saturated carbocycles. The molecule has 2 aromatic heterocycles. The third kappa shape index (κ3) is 2.99. The van der Waals surface area contributed by atoms with Crippen LogP contribution in [0, 0.1) is 6.92 Å². The first-order valence-corrected chi connectivity index (χ1v) is 8.55. The van der Waals surface area contributed by atoms with Crippen molar-refractivity contribution in [3.63, 3.8) is 0 Å². The van der Waals surface area contributed by atoms with Crippen LogP contribution in [0.1, 0.15) is 27.0 Å². The Morgan fingerprint density at radius 3 is 2.64 bits per heavy atom. The number of aryl methyl sites for hydroxylation is 2. The fourth-order valence-electron chi connectivity index (χ4n) is 2.81. The molecule has 1 aliphatic heterocycles. The van der Waals surface area contributed by atoms with Gasteiger partial charge in [0.05, 0.1) is 4.88 Å². The average molecular weight is 315 g/mol. The number of pyridine rings is 1. The second kappa shape index (κ2) is 6.48. The zero-order chi connectivity index (χ0) is 15.5. The van der Waals surface area contributed by atoms with E-state index < -0.39 is 0 Å². The first-order valence-electron chi connectivity index (χ1n) is 7.73. The van der Waals surface area contributed by atoms with Crippen molar-refractivity contribution in [2.45, 2.75) is 20.3 Å². The molecule has 4 nitrogen and oxygen atoms in total. The zero-order valence-electron chi connectivity index (χ0n) is 13.1. The van der Waals surface area contributed by atoms with Crippen molar-refractivity contribution >= 4 is 23.1 Å². The first kappa shape index (κ1) is 15.0. The van der Waals surface area contributed by atoms with Crippen molar-refractivity contribution in [2.24, 2.45) is 0 Å². The number of carbonyl (C=O) groups excluding carboxylic acids is 1. The minimum Gasteiger partial charge on any atom is -0.353 e. The van der Waals surface area contributed by atoms with Crippen molar-refractivity contribution in [1.82, 2.24) is 9.88 Å². The number of amides is 1. The highest BCUT2D eigenvalue weighted by molar-refractivity contribution is 7.14. The van der Waals surface area contributed by atoms with E-state index in [-0.39, 0.29) is 5.91 Å². The monoisotopic (exact) mass is 315 g/mol. The van der Waals surface area contributed by atoms with Crippen LogP contribution >= 0.6 is 11.3 Å². The number of rotatable bonds is 3. The Kier molecular flexibility index (Phi) is 4.43. The van der Waals surface area contributed by atoms with Gasteiger partial charge in [-0.3, -0.25) is 4.79 Å². The summed E-state index contributed by atoms with van der Waals surface area (Å²) in [6, 6.07) is 7.98. The summed E-state index contributed by atoms with van der Waals surface area (Å²) >= 11 is 1.64. The van der Waals surface area contributed by atoms with Gasteiger partial charge in [0.25, 0.3) is 5.91 Å². The van der Waals surface area contributed by atoms with Gasteiger partial charge in [0.2, 0.25) is 0 Å². The fraction of sp³-hybridized carbons (Fsp3) is 0.412. The molecule has 1 fully saturated rings. The maximum atomic E-state index is 12.6. The molecule has 1 aliphatic rings. The fourth-order valence-corrected chi connectivity index (χ4v) is 3.89. The topological polar surface area (TPSA) is 36.4 Å². The van der Waals surface area contributed by atoms with Crippen LogP contribution < -0.4 is 4.90 Å². The summed E-state index contributed by atoms with van der Waals surface area (Å²) in [7, 11) is 0. The lowest BCUT2D eigenvalue weighted by atomic mass is 10.2. The van der Waals surface area contributed by atoms with Gasteiger partial charge in [-0.15, -0.1) is 11.3 Å². The standard InChI is InChI=1S/C17H21N3OS/c1-3-14-13(2)12-15(22-14)17(21)20-10-8-19(9-11-20)16-6-4-5-7-18-16/h4-7,12H,3,8-11H2,1-2H3. The maximum Gasteiger partial charge on any atom is 0.264 e. The summed E-state index contributed by atoms with van der Waals surface area (Å²) in [6.45, 7) is 7.42. The van der Waals surface area contributed by atoms with Crippen LogP contribution in [0.2, 0.25) is 0 Å². The number of aromatic nitrogens is 1. The largest absolute Gasteiger partial charge is 0.353 e. The second-order valence-electron chi connectivity index (χ2n) is 5.54. The molecular weight excluding hydrogens is 294 g/mol. The second-order valence-corrected chi connectivity index (χ2v) is 6.67. The van der Waals surface area contributed by atoms with Crippen molar-refractivity contribution in [2.75, 3.05) is 31.1 Å². The summed E-state index contributed by atoms with van der Waals surface area (Å²) in [5.74, 6) is 1.17. The highest BCUT2D eigenvalue weighted by Crippen LogP contribution is 2.24. The lowest BCUT2D eigenvalue weighted by molar-refractivity contribution is 0.0751. The summed E-state index contributed by atoms with van der Waals surface area (Å²) in [5.41, 5.74) is 1.24. The SMILES string of the molecule is CCc1sc(C(=O)N2CCN(c3ccccn3)CC2)cc1C. The van der Waals surface area contributed by atoms with Gasteiger partial charge in [0.15, 0.2) is 0 Å². The Bertz CT molecular complexity index is 645. The summed E-state index contributed by atoms with van der Waals surface area (Å²) < 4.78 is 0. The summed E-state index contributed by atoms with van der Waals surface area (Å²) in [5, 5.41) is 0. The van der Waals surface area contributed by atoms with E-state index >= 15 is 0 Å². The van der Waals surface area contributed by atoms with Gasteiger partial charge in [0, 0.05) is 37.3 Å². The Hall–Kier alpha value is -1.88. The van der Waals surface area contributed by atoms with Crippen LogP contribution in [-0.4, -0.2) is 42.0 Å². The number of piperazine rings is 1. The number of hydrogen-bond donors (Lipinski definition) is 0. The van der Waals surface area contributed by atoms with E-state index in [1.165, 1.54) is 10.4 Å². The van der Waals surface area contributed by atoms with E-state index in [2.05, 4.69) is 23.7 Å². The quantitative estimate of drug-likeness (QED) is 0.874. The molecule has 0 aliphatic carbocycles. The van der Waals surface area contributed by atoms with E-state index in [1.807, 2.05) is 35.4 Å². The number of thiophene rings is 1. The van der Waals surface area contributed by atoms with Crippen LogP contribution in [0.25, 0.3) is 0 Å². The predicted molar refractivity (Wildman–Crippen MR) is 90.8 cm³/mol. The Morgan fingerprint density at radius 1 is 1.27 bits per heavy atom. The Morgan fingerprint density at radius 2 is 2.05 bits per heavy atom. The highest BCUT2D eigenvalue weighted by atomic mass is 32.1. The lowest BCUT2D eigenvalue weighted by Gasteiger charge is -2.35. The molecule has 22 heavy (non-hydrogen) atoms. The Labute approximate surface area is 135 Å². The maximum absolute atomic E-state index is 12.6. The number of nitrogens with zero attached hydrogens (tertiary/aromatic N) is 3. The Balaban J connectivity index is 1.64. The van der Waals surface area contributed by atoms with E-state index in [0.29, 0.717) is 0 Å². The molecule has 0 aromatic carbocycles. The van der Waals surface area contributed by atoms with Crippen LogP contribution in [0.3, 0.4) is 0 Å². The molecule has 0 spiro atoms. The van der Waals surface area contributed by atoms with Gasteiger partial charge in [-0.2, -0.15) is 0 Å². The van der Waals surface area contributed by atoms with Crippen molar-refractivity contribution in [3.05, 3.63) is 45.8 Å². The molecule has 3 rings (SSSR count). The van der Waals surface area contributed by atoms with E-state index in [9.17, 15) is 4.79 Å². The molecule has 0 bridgehead atoms. The molecule has 5 heteroatoms. The molecule has 116 valence electrons. The predicted octanol–water partition coefficient (Wildman–Crippen LogP) is 2.98. The van der Waals surface area contributed by atoms with Gasteiger partial charge >= 0.3 is 0 Å². The molecular formula is C17H21N3OS. The number of anilines is 1. The van der Waals surface area contributed by atoms with Crippen LogP contribution in [0.15, 0.2) is 30.5 Å².